The van der Waals surface area contributed by atoms with Gasteiger partial charge >= 0.3 is 0 Å². The van der Waals surface area contributed by atoms with Gasteiger partial charge in [0, 0.05) is 32.4 Å². The first-order chi connectivity index (χ1) is 7.46. The van der Waals surface area contributed by atoms with Crippen LogP contribution in [0.25, 0.3) is 0 Å². The lowest BCUT2D eigenvalue weighted by Gasteiger charge is -2.31. The standard InChI is InChI=1S/C9H13F2NO2.C2H6/c1-2-7(13)8(14)12-5-3-9(10,11)4-6-12;1-2/h2-6H2,1H3;1-2H3. The van der Waals surface area contributed by atoms with Crippen LogP contribution < -0.4 is 0 Å². The number of carbonyl (C=O) groups is 2. The Bertz CT molecular complexity index is 244. The summed E-state index contributed by atoms with van der Waals surface area (Å²) in [6.07, 6.45) is -0.544. The first-order valence-electron chi connectivity index (χ1n) is 5.66. The number of hydrogen-bond donors (Lipinski definition) is 0. The van der Waals surface area contributed by atoms with E-state index in [0.29, 0.717) is 0 Å². The summed E-state index contributed by atoms with van der Waals surface area (Å²) >= 11 is 0. The van der Waals surface area contributed by atoms with Crippen LogP contribution in [0.1, 0.15) is 40.0 Å². The molecular formula is C11H19F2NO2. The number of alkyl halides is 2. The molecular weight excluding hydrogens is 216 g/mol. The summed E-state index contributed by atoms with van der Waals surface area (Å²) in [5, 5.41) is 0. The smallest absolute Gasteiger partial charge is 0.289 e. The second-order valence-electron chi connectivity index (χ2n) is 3.42. The highest BCUT2D eigenvalue weighted by atomic mass is 19.3. The van der Waals surface area contributed by atoms with Gasteiger partial charge in [0.15, 0.2) is 0 Å². The Kier molecular flexibility index (Phi) is 6.14. The molecule has 1 fully saturated rings. The van der Waals surface area contributed by atoms with Gasteiger partial charge in [-0.05, 0) is 0 Å². The van der Waals surface area contributed by atoms with Crippen molar-refractivity contribution in [2.75, 3.05) is 13.1 Å². The van der Waals surface area contributed by atoms with Crippen molar-refractivity contribution >= 4 is 11.7 Å². The number of rotatable bonds is 2. The molecule has 0 bridgehead atoms. The van der Waals surface area contributed by atoms with E-state index >= 15 is 0 Å². The number of carbonyl (C=O) groups excluding carboxylic acids is 2. The molecule has 16 heavy (non-hydrogen) atoms. The molecule has 0 aromatic carbocycles. The Hall–Kier alpha value is -1.00. The van der Waals surface area contributed by atoms with Crippen LogP contribution in [0.3, 0.4) is 0 Å². The summed E-state index contributed by atoms with van der Waals surface area (Å²) in [5.41, 5.74) is 0. The lowest BCUT2D eigenvalue weighted by Crippen LogP contribution is -2.45. The molecule has 0 unspecified atom stereocenters. The van der Waals surface area contributed by atoms with Gasteiger partial charge in [-0.2, -0.15) is 0 Å². The molecule has 1 rings (SSSR count). The van der Waals surface area contributed by atoms with E-state index in [2.05, 4.69) is 0 Å². The lowest BCUT2D eigenvalue weighted by atomic mass is 10.1. The molecule has 94 valence electrons. The van der Waals surface area contributed by atoms with E-state index in [-0.39, 0.29) is 32.4 Å². The molecule has 5 heteroatoms. The van der Waals surface area contributed by atoms with Crippen molar-refractivity contribution < 1.29 is 18.4 Å². The van der Waals surface area contributed by atoms with E-state index in [1.807, 2.05) is 13.8 Å². The largest absolute Gasteiger partial charge is 0.336 e. The summed E-state index contributed by atoms with van der Waals surface area (Å²) in [7, 11) is 0. The first-order valence-corrected chi connectivity index (χ1v) is 5.66. The van der Waals surface area contributed by atoms with Gasteiger partial charge in [-0.1, -0.05) is 20.8 Å². The Labute approximate surface area is 94.8 Å². The predicted molar refractivity (Wildman–Crippen MR) is 57.4 cm³/mol. The Morgan fingerprint density at radius 3 is 2.00 bits per heavy atom. The molecule has 0 atom stereocenters. The summed E-state index contributed by atoms with van der Waals surface area (Å²) in [6, 6.07) is 0. The van der Waals surface area contributed by atoms with Crippen LogP contribution >= 0.6 is 0 Å². The second-order valence-corrected chi connectivity index (χ2v) is 3.42. The van der Waals surface area contributed by atoms with Crippen LogP contribution in [-0.4, -0.2) is 35.6 Å². The predicted octanol–water partition coefficient (Wildman–Crippen LogP) is 2.25. The Balaban J connectivity index is 0.00000106. The van der Waals surface area contributed by atoms with E-state index in [1.54, 1.807) is 6.92 Å². The monoisotopic (exact) mass is 235 g/mol. The van der Waals surface area contributed by atoms with Crippen molar-refractivity contribution in [3.63, 3.8) is 0 Å². The average molecular weight is 235 g/mol. The van der Waals surface area contributed by atoms with Crippen molar-refractivity contribution in [3.05, 3.63) is 0 Å². The zero-order valence-electron chi connectivity index (χ0n) is 10.1. The Morgan fingerprint density at radius 2 is 1.62 bits per heavy atom. The van der Waals surface area contributed by atoms with Gasteiger partial charge in [-0.3, -0.25) is 9.59 Å². The van der Waals surface area contributed by atoms with E-state index in [4.69, 9.17) is 0 Å². The molecule has 1 aliphatic rings. The Morgan fingerprint density at radius 1 is 1.19 bits per heavy atom. The molecule has 0 N–H and O–H groups in total. The zero-order chi connectivity index (χ0) is 12.8. The minimum atomic E-state index is -2.67. The maximum Gasteiger partial charge on any atom is 0.289 e. The number of hydrogen-bond acceptors (Lipinski definition) is 2. The summed E-state index contributed by atoms with van der Waals surface area (Å²) in [4.78, 5) is 23.5. The second kappa shape index (κ2) is 6.55. The number of nitrogens with zero attached hydrogens (tertiary/aromatic N) is 1. The summed E-state index contributed by atoms with van der Waals surface area (Å²) < 4.78 is 25.4. The number of ketones is 1. The number of amides is 1. The van der Waals surface area contributed by atoms with Gasteiger partial charge in [0.25, 0.3) is 11.8 Å². The zero-order valence-corrected chi connectivity index (χ0v) is 10.1. The number of halogens is 2. The fourth-order valence-electron chi connectivity index (χ4n) is 1.36. The quantitative estimate of drug-likeness (QED) is 0.688. The van der Waals surface area contributed by atoms with Crippen LogP contribution in [0.5, 0.6) is 0 Å². The van der Waals surface area contributed by atoms with Crippen molar-refractivity contribution in [1.29, 1.82) is 0 Å². The van der Waals surface area contributed by atoms with Crippen LogP contribution in [-0.2, 0) is 9.59 Å². The highest BCUT2D eigenvalue weighted by Crippen LogP contribution is 2.27. The third kappa shape index (κ3) is 4.24. The molecule has 1 saturated heterocycles. The van der Waals surface area contributed by atoms with Gasteiger partial charge in [-0.15, -0.1) is 0 Å². The molecule has 3 nitrogen and oxygen atoms in total. The average Bonchev–Trinajstić information content (AvgIpc) is 2.30. The molecule has 0 saturated carbocycles. The molecule has 1 heterocycles. The minimum Gasteiger partial charge on any atom is -0.336 e. The maximum absolute atomic E-state index is 12.7. The van der Waals surface area contributed by atoms with Crippen LogP contribution in [0.4, 0.5) is 8.78 Å². The number of piperidine rings is 1. The summed E-state index contributed by atoms with van der Waals surface area (Å²) in [6.45, 7) is 5.55. The van der Waals surface area contributed by atoms with Crippen LogP contribution in [0.15, 0.2) is 0 Å². The van der Waals surface area contributed by atoms with Gasteiger partial charge < -0.3 is 4.90 Å². The van der Waals surface area contributed by atoms with E-state index < -0.39 is 17.6 Å². The molecule has 0 spiro atoms. The highest BCUT2D eigenvalue weighted by molar-refractivity contribution is 6.35. The summed E-state index contributed by atoms with van der Waals surface area (Å²) in [5.74, 6) is -3.80. The highest BCUT2D eigenvalue weighted by Gasteiger charge is 2.36. The third-order valence-electron chi connectivity index (χ3n) is 2.34. The van der Waals surface area contributed by atoms with E-state index in [9.17, 15) is 18.4 Å². The third-order valence-corrected chi connectivity index (χ3v) is 2.34. The molecule has 1 aliphatic heterocycles. The molecule has 0 aromatic heterocycles. The minimum absolute atomic E-state index is 0.0163. The van der Waals surface area contributed by atoms with Crippen molar-refractivity contribution in [2.24, 2.45) is 0 Å². The van der Waals surface area contributed by atoms with Crippen molar-refractivity contribution in [2.45, 2.75) is 46.0 Å². The molecule has 0 aromatic rings. The van der Waals surface area contributed by atoms with Crippen molar-refractivity contribution in [3.8, 4) is 0 Å². The molecule has 0 aliphatic carbocycles. The normalized spacial score (nSPS) is 18.4. The fourth-order valence-corrected chi connectivity index (χ4v) is 1.36. The van der Waals surface area contributed by atoms with Gasteiger partial charge in [-0.25, -0.2) is 8.78 Å². The SMILES string of the molecule is CC.CCC(=O)C(=O)N1CCC(F)(F)CC1. The molecule has 0 radical (unpaired) electrons. The van der Waals surface area contributed by atoms with Crippen molar-refractivity contribution in [1.82, 2.24) is 4.90 Å². The van der Waals surface area contributed by atoms with E-state index in [0.717, 1.165) is 0 Å². The van der Waals surface area contributed by atoms with Gasteiger partial charge in [0.1, 0.15) is 0 Å². The van der Waals surface area contributed by atoms with E-state index in [1.165, 1.54) is 4.90 Å². The van der Waals surface area contributed by atoms with Gasteiger partial charge in [0.05, 0.1) is 0 Å². The maximum atomic E-state index is 12.7. The molecule has 1 amide bonds. The van der Waals surface area contributed by atoms with Crippen LogP contribution in [0.2, 0.25) is 0 Å². The van der Waals surface area contributed by atoms with Crippen LogP contribution in [0, 0.1) is 0 Å². The van der Waals surface area contributed by atoms with Gasteiger partial charge in [0.2, 0.25) is 5.78 Å². The fraction of sp³-hybridized carbons (Fsp3) is 0.818. The number of Topliss-reactive ketones (excluding diaryl/α,β-unsaturated/α-hetero) is 1. The number of likely N-dealkylation sites (tertiary alicyclic amines) is 1. The topological polar surface area (TPSA) is 37.4 Å². The lowest BCUT2D eigenvalue weighted by molar-refractivity contribution is -0.148. The first kappa shape index (κ1) is 15.0.